The second-order valence-electron chi connectivity index (χ2n) is 7.60. The van der Waals surface area contributed by atoms with E-state index in [4.69, 9.17) is 0 Å². The Morgan fingerprint density at radius 1 is 0.818 bits per heavy atom. The maximum absolute atomic E-state index is 13.0. The normalized spacial score (nSPS) is 11.3. The number of hydrogen-bond acceptors (Lipinski definition) is 3. The van der Waals surface area contributed by atoms with Crippen molar-refractivity contribution in [1.29, 1.82) is 0 Å². The van der Waals surface area contributed by atoms with Crippen molar-refractivity contribution in [3.63, 3.8) is 0 Å². The third-order valence-corrected chi connectivity index (χ3v) is 5.05. The van der Waals surface area contributed by atoms with E-state index in [-0.39, 0.29) is 23.8 Å². The standard InChI is InChI=1S/C26H26FN3O3/c1-18(29-24(31)8-5-17-28-25(32)20-6-3-2-4-7-20)19-11-15-23(16-12-19)30-26(33)21-9-13-22(27)14-10-21/h2-4,6-7,9-16,18H,5,8,17H2,1H3,(H,28,32)(H,29,31)(H,30,33). The summed E-state index contributed by atoms with van der Waals surface area (Å²) in [5, 5.41) is 8.49. The van der Waals surface area contributed by atoms with Crippen LogP contribution in [0.15, 0.2) is 78.9 Å². The van der Waals surface area contributed by atoms with Crippen molar-refractivity contribution >= 4 is 23.4 Å². The van der Waals surface area contributed by atoms with E-state index in [0.717, 1.165) is 5.56 Å². The SMILES string of the molecule is CC(NC(=O)CCCNC(=O)c1ccccc1)c1ccc(NC(=O)c2ccc(F)cc2)cc1. The van der Waals surface area contributed by atoms with Crippen molar-refractivity contribution in [2.45, 2.75) is 25.8 Å². The van der Waals surface area contributed by atoms with Crippen molar-refractivity contribution in [3.8, 4) is 0 Å². The van der Waals surface area contributed by atoms with Crippen molar-refractivity contribution in [2.75, 3.05) is 11.9 Å². The van der Waals surface area contributed by atoms with Crippen LogP contribution < -0.4 is 16.0 Å². The Labute approximate surface area is 192 Å². The molecule has 0 aromatic heterocycles. The molecule has 3 aromatic carbocycles. The summed E-state index contributed by atoms with van der Waals surface area (Å²) in [6.07, 6.45) is 0.830. The van der Waals surface area contributed by atoms with E-state index < -0.39 is 5.82 Å². The van der Waals surface area contributed by atoms with Crippen LogP contribution in [-0.2, 0) is 4.79 Å². The Morgan fingerprint density at radius 2 is 1.45 bits per heavy atom. The van der Waals surface area contributed by atoms with E-state index in [1.54, 1.807) is 36.4 Å². The summed E-state index contributed by atoms with van der Waals surface area (Å²) in [4.78, 5) is 36.4. The highest BCUT2D eigenvalue weighted by Gasteiger charge is 2.11. The first-order valence-corrected chi connectivity index (χ1v) is 10.7. The summed E-state index contributed by atoms with van der Waals surface area (Å²) >= 11 is 0. The van der Waals surface area contributed by atoms with Gasteiger partial charge in [0.25, 0.3) is 11.8 Å². The third-order valence-electron chi connectivity index (χ3n) is 5.05. The maximum Gasteiger partial charge on any atom is 0.255 e. The Bertz CT molecular complexity index is 1080. The number of nitrogens with one attached hydrogen (secondary N) is 3. The number of halogens is 1. The number of amides is 3. The summed E-state index contributed by atoms with van der Waals surface area (Å²) in [5.74, 6) is -0.992. The molecular weight excluding hydrogens is 421 g/mol. The molecule has 0 bridgehead atoms. The molecule has 6 nitrogen and oxygen atoms in total. The van der Waals surface area contributed by atoms with Crippen molar-refractivity contribution < 1.29 is 18.8 Å². The zero-order valence-electron chi connectivity index (χ0n) is 18.3. The molecule has 7 heteroatoms. The molecule has 3 N–H and O–H groups in total. The minimum absolute atomic E-state index is 0.106. The molecule has 0 aliphatic carbocycles. The van der Waals surface area contributed by atoms with Gasteiger partial charge < -0.3 is 16.0 Å². The summed E-state index contributed by atoms with van der Waals surface area (Å²) in [5.41, 5.74) is 2.44. The van der Waals surface area contributed by atoms with Crippen LogP contribution in [0.5, 0.6) is 0 Å². The lowest BCUT2D eigenvalue weighted by Crippen LogP contribution is -2.29. The zero-order chi connectivity index (χ0) is 23.6. The highest BCUT2D eigenvalue weighted by atomic mass is 19.1. The van der Waals surface area contributed by atoms with Gasteiger partial charge in [-0.3, -0.25) is 14.4 Å². The van der Waals surface area contributed by atoms with E-state index >= 15 is 0 Å². The molecule has 33 heavy (non-hydrogen) atoms. The first-order valence-electron chi connectivity index (χ1n) is 10.7. The average Bonchev–Trinajstić information content (AvgIpc) is 2.83. The van der Waals surface area contributed by atoms with Gasteiger partial charge in [0.05, 0.1) is 6.04 Å². The van der Waals surface area contributed by atoms with Crippen molar-refractivity contribution in [1.82, 2.24) is 10.6 Å². The second kappa shape index (κ2) is 11.6. The monoisotopic (exact) mass is 447 g/mol. The minimum Gasteiger partial charge on any atom is -0.352 e. The summed E-state index contributed by atoms with van der Waals surface area (Å²) in [6, 6.07) is 21.2. The molecule has 3 rings (SSSR count). The smallest absolute Gasteiger partial charge is 0.255 e. The molecule has 170 valence electrons. The van der Waals surface area contributed by atoms with Crippen LogP contribution >= 0.6 is 0 Å². The van der Waals surface area contributed by atoms with Gasteiger partial charge >= 0.3 is 0 Å². The van der Waals surface area contributed by atoms with Gasteiger partial charge in [-0.05, 0) is 67.4 Å². The third kappa shape index (κ3) is 7.28. The molecule has 0 heterocycles. The topological polar surface area (TPSA) is 87.3 Å². The largest absolute Gasteiger partial charge is 0.352 e. The lowest BCUT2D eigenvalue weighted by atomic mass is 10.1. The van der Waals surface area contributed by atoms with Crippen LogP contribution in [0.4, 0.5) is 10.1 Å². The Morgan fingerprint density at radius 3 is 2.12 bits per heavy atom. The van der Waals surface area contributed by atoms with E-state index in [2.05, 4.69) is 16.0 Å². The van der Waals surface area contributed by atoms with E-state index in [1.165, 1.54) is 24.3 Å². The van der Waals surface area contributed by atoms with E-state index in [0.29, 0.717) is 36.2 Å². The first-order chi connectivity index (χ1) is 15.9. The predicted octanol–water partition coefficient (Wildman–Crippen LogP) is 4.47. The average molecular weight is 448 g/mol. The van der Waals surface area contributed by atoms with Crippen LogP contribution in [0.3, 0.4) is 0 Å². The molecular formula is C26H26FN3O3. The van der Waals surface area contributed by atoms with E-state index in [9.17, 15) is 18.8 Å². The van der Waals surface area contributed by atoms with Crippen LogP contribution in [0, 0.1) is 5.82 Å². The predicted molar refractivity (Wildman–Crippen MR) is 125 cm³/mol. The molecule has 0 fully saturated rings. The van der Waals surface area contributed by atoms with Gasteiger partial charge in [0.2, 0.25) is 5.91 Å². The highest BCUT2D eigenvalue weighted by molar-refractivity contribution is 6.04. The quantitative estimate of drug-likeness (QED) is 0.423. The zero-order valence-corrected chi connectivity index (χ0v) is 18.3. The van der Waals surface area contributed by atoms with Gasteiger partial charge in [0.15, 0.2) is 0 Å². The van der Waals surface area contributed by atoms with Gasteiger partial charge in [-0.15, -0.1) is 0 Å². The summed E-state index contributed by atoms with van der Waals surface area (Å²) in [6.45, 7) is 2.29. The van der Waals surface area contributed by atoms with Crippen LogP contribution in [0.1, 0.15) is 52.1 Å². The summed E-state index contributed by atoms with van der Waals surface area (Å²) < 4.78 is 13.0. The molecule has 0 saturated heterocycles. The number of carbonyl (C=O) groups excluding carboxylic acids is 3. The molecule has 0 aliphatic rings. The molecule has 0 radical (unpaired) electrons. The minimum atomic E-state index is -0.399. The number of carbonyl (C=O) groups is 3. The van der Waals surface area contributed by atoms with Gasteiger partial charge in [-0.1, -0.05) is 30.3 Å². The van der Waals surface area contributed by atoms with Gasteiger partial charge in [-0.25, -0.2) is 4.39 Å². The molecule has 0 saturated carbocycles. The number of benzene rings is 3. The van der Waals surface area contributed by atoms with Gasteiger partial charge in [0, 0.05) is 29.8 Å². The molecule has 1 unspecified atom stereocenters. The van der Waals surface area contributed by atoms with Crippen molar-refractivity contribution in [3.05, 3.63) is 101 Å². The summed E-state index contributed by atoms with van der Waals surface area (Å²) in [7, 11) is 0. The molecule has 1 atom stereocenters. The fraction of sp³-hybridized carbons (Fsp3) is 0.192. The molecule has 0 spiro atoms. The number of rotatable bonds is 9. The first kappa shape index (κ1) is 23.7. The van der Waals surface area contributed by atoms with Crippen LogP contribution in [-0.4, -0.2) is 24.3 Å². The van der Waals surface area contributed by atoms with Crippen LogP contribution in [0.2, 0.25) is 0 Å². The highest BCUT2D eigenvalue weighted by Crippen LogP contribution is 2.17. The van der Waals surface area contributed by atoms with Crippen molar-refractivity contribution in [2.24, 2.45) is 0 Å². The maximum atomic E-state index is 13.0. The molecule has 3 amide bonds. The van der Waals surface area contributed by atoms with Gasteiger partial charge in [-0.2, -0.15) is 0 Å². The fourth-order valence-corrected chi connectivity index (χ4v) is 3.20. The Hall–Kier alpha value is -4.00. The molecule has 0 aliphatic heterocycles. The number of hydrogen-bond donors (Lipinski definition) is 3. The van der Waals surface area contributed by atoms with Crippen LogP contribution in [0.25, 0.3) is 0 Å². The Kier molecular flexibility index (Phi) is 8.30. The van der Waals surface area contributed by atoms with E-state index in [1.807, 2.05) is 25.1 Å². The molecule has 3 aromatic rings. The second-order valence-corrected chi connectivity index (χ2v) is 7.60. The lowest BCUT2D eigenvalue weighted by Gasteiger charge is -2.15. The Balaban J connectivity index is 1.40. The van der Waals surface area contributed by atoms with Gasteiger partial charge in [0.1, 0.15) is 5.82 Å². The fourth-order valence-electron chi connectivity index (χ4n) is 3.20. The lowest BCUT2D eigenvalue weighted by molar-refractivity contribution is -0.121. The number of anilines is 1.